The first-order chi connectivity index (χ1) is 17.5. The molecule has 0 unspecified atom stereocenters. The number of halogens is 1. The van der Waals surface area contributed by atoms with Gasteiger partial charge in [-0.3, -0.25) is 24.2 Å². The van der Waals surface area contributed by atoms with Gasteiger partial charge in [-0.1, -0.05) is 23.5 Å². The minimum atomic E-state index is -0.356. The standard InChI is InChI=1S/C24H28FN7O3S/c25-20-4-2-19(3-5-20)15-32(22(34)16-29-10-12-31(18-33)13-11-29)24-28-14-21(36-24)23(35)27-6-1-8-30-9-7-26-17-30/h2-5,7,9,14,17-18H,1,6,8,10-13,15-16H2,(H,27,35). The van der Waals surface area contributed by atoms with Crippen LogP contribution in [0, 0.1) is 5.82 Å². The maximum absolute atomic E-state index is 13.4. The molecular formula is C24H28FN7O3S. The van der Waals surface area contributed by atoms with E-state index < -0.39 is 0 Å². The van der Waals surface area contributed by atoms with Gasteiger partial charge < -0.3 is 14.8 Å². The zero-order valence-corrected chi connectivity index (χ0v) is 20.6. The van der Waals surface area contributed by atoms with E-state index >= 15 is 0 Å². The second kappa shape index (κ2) is 12.4. The number of piperazine rings is 1. The minimum absolute atomic E-state index is 0.156. The van der Waals surface area contributed by atoms with Crippen molar-refractivity contribution in [2.75, 3.05) is 44.2 Å². The van der Waals surface area contributed by atoms with Gasteiger partial charge in [0.15, 0.2) is 5.13 Å². The summed E-state index contributed by atoms with van der Waals surface area (Å²) >= 11 is 1.14. The summed E-state index contributed by atoms with van der Waals surface area (Å²) in [4.78, 5) is 50.9. The Labute approximate surface area is 212 Å². The van der Waals surface area contributed by atoms with Crippen molar-refractivity contribution in [3.8, 4) is 0 Å². The van der Waals surface area contributed by atoms with Crippen molar-refractivity contribution in [2.24, 2.45) is 0 Å². The van der Waals surface area contributed by atoms with Gasteiger partial charge in [0.2, 0.25) is 12.3 Å². The molecule has 10 nitrogen and oxygen atoms in total. The molecule has 1 aliphatic rings. The molecule has 3 heterocycles. The normalized spacial score (nSPS) is 14.0. The lowest BCUT2D eigenvalue weighted by molar-refractivity contribution is -0.122. The van der Waals surface area contributed by atoms with Crippen LogP contribution in [0.4, 0.5) is 9.52 Å². The highest BCUT2D eigenvalue weighted by Crippen LogP contribution is 2.25. The molecule has 1 saturated heterocycles. The van der Waals surface area contributed by atoms with E-state index in [0.29, 0.717) is 42.7 Å². The SMILES string of the molecule is O=CN1CCN(CC(=O)N(Cc2ccc(F)cc2)c2ncc(C(=O)NCCCn3ccnc3)s2)CC1. The molecule has 3 amide bonds. The third-order valence-corrected chi connectivity index (χ3v) is 6.87. The van der Waals surface area contributed by atoms with E-state index in [2.05, 4.69) is 15.3 Å². The molecule has 1 aromatic carbocycles. The molecule has 1 N–H and O–H groups in total. The molecule has 1 aliphatic heterocycles. The summed E-state index contributed by atoms with van der Waals surface area (Å²) in [7, 11) is 0. The number of amides is 3. The van der Waals surface area contributed by atoms with Crippen molar-refractivity contribution in [1.82, 2.24) is 29.7 Å². The maximum Gasteiger partial charge on any atom is 0.263 e. The first-order valence-corrected chi connectivity index (χ1v) is 12.5. The molecule has 0 aliphatic carbocycles. The van der Waals surface area contributed by atoms with Gasteiger partial charge in [0.1, 0.15) is 10.7 Å². The number of carbonyl (C=O) groups excluding carboxylic acids is 3. The van der Waals surface area contributed by atoms with Crippen molar-refractivity contribution in [3.05, 3.63) is 65.4 Å². The predicted octanol–water partition coefficient (Wildman–Crippen LogP) is 1.61. The van der Waals surface area contributed by atoms with Crippen molar-refractivity contribution in [3.63, 3.8) is 0 Å². The molecule has 12 heteroatoms. The van der Waals surface area contributed by atoms with E-state index in [4.69, 9.17) is 0 Å². The van der Waals surface area contributed by atoms with Crippen LogP contribution in [0.15, 0.2) is 49.2 Å². The molecule has 3 aromatic rings. The van der Waals surface area contributed by atoms with Crippen molar-refractivity contribution in [1.29, 1.82) is 0 Å². The molecule has 0 bridgehead atoms. The van der Waals surface area contributed by atoms with Gasteiger partial charge in [-0.2, -0.15) is 0 Å². The number of nitrogens with zero attached hydrogens (tertiary/aromatic N) is 6. The number of carbonyl (C=O) groups is 3. The molecule has 36 heavy (non-hydrogen) atoms. The fourth-order valence-corrected chi connectivity index (χ4v) is 4.65. The Bertz CT molecular complexity index is 1140. The number of hydrogen-bond donors (Lipinski definition) is 1. The maximum atomic E-state index is 13.4. The Morgan fingerprint density at radius 2 is 1.94 bits per heavy atom. The number of benzene rings is 1. The third-order valence-electron chi connectivity index (χ3n) is 5.86. The Morgan fingerprint density at radius 3 is 2.64 bits per heavy atom. The molecule has 2 aromatic heterocycles. The van der Waals surface area contributed by atoms with Crippen molar-refractivity contribution < 1.29 is 18.8 Å². The number of rotatable bonds is 11. The molecular weight excluding hydrogens is 485 g/mol. The van der Waals surface area contributed by atoms with E-state index in [0.717, 1.165) is 36.3 Å². The predicted molar refractivity (Wildman–Crippen MR) is 133 cm³/mol. The summed E-state index contributed by atoms with van der Waals surface area (Å²) in [6.07, 6.45) is 8.35. The third kappa shape index (κ3) is 6.95. The fourth-order valence-electron chi connectivity index (χ4n) is 3.80. The van der Waals surface area contributed by atoms with E-state index in [9.17, 15) is 18.8 Å². The first-order valence-electron chi connectivity index (χ1n) is 11.7. The Kier molecular flexibility index (Phi) is 8.74. The lowest BCUT2D eigenvalue weighted by atomic mass is 10.2. The van der Waals surface area contributed by atoms with Gasteiger partial charge in [0, 0.05) is 51.7 Å². The van der Waals surface area contributed by atoms with E-state index in [1.807, 2.05) is 15.7 Å². The van der Waals surface area contributed by atoms with Crippen LogP contribution in [0.25, 0.3) is 0 Å². The topological polar surface area (TPSA) is 104 Å². The highest BCUT2D eigenvalue weighted by molar-refractivity contribution is 7.17. The number of nitrogens with one attached hydrogen (secondary N) is 1. The number of imidazole rings is 1. The van der Waals surface area contributed by atoms with Gasteiger partial charge in [-0.25, -0.2) is 14.4 Å². The van der Waals surface area contributed by atoms with Gasteiger partial charge in [-0.05, 0) is 24.1 Å². The average molecular weight is 514 g/mol. The summed E-state index contributed by atoms with van der Waals surface area (Å²) in [5, 5.41) is 3.29. The number of aromatic nitrogens is 3. The second-order valence-electron chi connectivity index (χ2n) is 8.44. The summed E-state index contributed by atoms with van der Waals surface area (Å²) in [6, 6.07) is 5.95. The van der Waals surface area contributed by atoms with Gasteiger partial charge >= 0.3 is 0 Å². The Hall–Kier alpha value is -3.64. The molecule has 0 radical (unpaired) electrons. The Morgan fingerprint density at radius 1 is 1.17 bits per heavy atom. The zero-order valence-electron chi connectivity index (χ0n) is 19.8. The minimum Gasteiger partial charge on any atom is -0.351 e. The van der Waals surface area contributed by atoms with Crippen molar-refractivity contribution >= 4 is 34.7 Å². The smallest absolute Gasteiger partial charge is 0.263 e. The van der Waals surface area contributed by atoms with Gasteiger partial charge in [0.05, 0.1) is 25.6 Å². The zero-order chi connectivity index (χ0) is 25.3. The van der Waals surface area contributed by atoms with Gasteiger partial charge in [-0.15, -0.1) is 0 Å². The summed E-state index contributed by atoms with van der Waals surface area (Å²) in [5.41, 5.74) is 0.747. The molecule has 0 spiro atoms. The van der Waals surface area contributed by atoms with Crippen LogP contribution in [-0.4, -0.2) is 81.8 Å². The molecule has 0 saturated carbocycles. The quantitative estimate of drug-likeness (QED) is 0.309. The second-order valence-corrected chi connectivity index (χ2v) is 9.45. The number of aryl methyl sites for hydroxylation is 1. The van der Waals surface area contributed by atoms with Crippen LogP contribution in [-0.2, 0) is 22.7 Å². The molecule has 0 atom stereocenters. The van der Waals surface area contributed by atoms with Crippen molar-refractivity contribution in [2.45, 2.75) is 19.5 Å². The van der Waals surface area contributed by atoms with E-state index in [1.165, 1.54) is 23.2 Å². The molecule has 4 rings (SSSR count). The lowest BCUT2D eigenvalue weighted by Gasteiger charge is -2.33. The average Bonchev–Trinajstić information content (AvgIpc) is 3.59. The van der Waals surface area contributed by atoms with Crippen LogP contribution in [0.1, 0.15) is 21.7 Å². The summed E-state index contributed by atoms with van der Waals surface area (Å²) < 4.78 is 15.3. The fraction of sp³-hybridized carbons (Fsp3) is 0.375. The number of hydrogen-bond acceptors (Lipinski definition) is 7. The van der Waals surface area contributed by atoms with Crippen LogP contribution in [0.5, 0.6) is 0 Å². The number of thiazole rings is 1. The van der Waals surface area contributed by atoms with Crippen LogP contribution >= 0.6 is 11.3 Å². The largest absolute Gasteiger partial charge is 0.351 e. The van der Waals surface area contributed by atoms with Crippen LogP contribution in [0.3, 0.4) is 0 Å². The van der Waals surface area contributed by atoms with Gasteiger partial charge in [0.25, 0.3) is 5.91 Å². The highest BCUT2D eigenvalue weighted by atomic mass is 32.1. The molecule has 1 fully saturated rings. The molecule has 190 valence electrons. The summed E-state index contributed by atoms with van der Waals surface area (Å²) in [5.74, 6) is -0.782. The van der Waals surface area contributed by atoms with E-state index in [-0.39, 0.29) is 30.7 Å². The van der Waals surface area contributed by atoms with E-state index in [1.54, 1.807) is 29.6 Å². The van der Waals surface area contributed by atoms with Crippen LogP contribution in [0.2, 0.25) is 0 Å². The Balaban J connectivity index is 1.40. The summed E-state index contributed by atoms with van der Waals surface area (Å²) in [6.45, 7) is 3.92. The van der Waals surface area contributed by atoms with Crippen LogP contribution < -0.4 is 10.2 Å². The number of anilines is 1. The lowest BCUT2D eigenvalue weighted by Crippen LogP contribution is -2.49. The monoisotopic (exact) mass is 513 g/mol. The highest BCUT2D eigenvalue weighted by Gasteiger charge is 2.25. The first kappa shape index (κ1) is 25.5.